The van der Waals surface area contributed by atoms with Crippen molar-refractivity contribution in [2.75, 3.05) is 51.7 Å². The summed E-state index contributed by atoms with van der Waals surface area (Å²) in [6.07, 6.45) is 0. The molecule has 6 heteroatoms. The molecule has 1 aromatic carbocycles. The van der Waals surface area contributed by atoms with Crippen LogP contribution in [0.3, 0.4) is 0 Å². The van der Waals surface area contributed by atoms with Gasteiger partial charge in [0.1, 0.15) is 11.6 Å². The van der Waals surface area contributed by atoms with Crippen LogP contribution in [0.2, 0.25) is 0 Å². The zero-order valence-corrected chi connectivity index (χ0v) is 12.5. The highest BCUT2D eigenvalue weighted by Crippen LogP contribution is 2.31. The average molecular weight is 286 g/mol. The van der Waals surface area contributed by atoms with Crippen LogP contribution in [-0.2, 0) is 9.47 Å². The van der Waals surface area contributed by atoms with E-state index in [1.54, 1.807) is 20.3 Å². The molecule has 0 heterocycles. The van der Waals surface area contributed by atoms with Gasteiger partial charge < -0.3 is 24.8 Å². The van der Waals surface area contributed by atoms with Crippen molar-refractivity contribution in [3.8, 4) is 5.75 Å². The fourth-order valence-corrected chi connectivity index (χ4v) is 2.05. The van der Waals surface area contributed by atoms with Crippen LogP contribution < -0.4 is 15.4 Å². The van der Waals surface area contributed by atoms with E-state index >= 15 is 0 Å². The van der Waals surface area contributed by atoms with E-state index in [1.807, 2.05) is 11.8 Å². The first-order chi connectivity index (χ1) is 9.54. The second kappa shape index (κ2) is 7.91. The van der Waals surface area contributed by atoms with E-state index in [1.165, 1.54) is 13.2 Å². The molecule has 0 fully saturated rings. The molecule has 0 aliphatic heterocycles. The predicted octanol–water partition coefficient (Wildman–Crippen LogP) is 1.90. The Labute approximate surface area is 119 Å². The molecule has 1 rings (SSSR count). The predicted molar refractivity (Wildman–Crippen MR) is 77.9 cm³/mol. The molecular formula is C14H23FN2O3. The van der Waals surface area contributed by atoms with E-state index in [0.717, 1.165) is 0 Å². The number of nitrogens with two attached hydrogens (primary N) is 1. The Morgan fingerprint density at radius 2 is 1.95 bits per heavy atom. The quantitative estimate of drug-likeness (QED) is 0.740. The maximum atomic E-state index is 14.2. The lowest BCUT2D eigenvalue weighted by Crippen LogP contribution is -2.39. The summed E-state index contributed by atoms with van der Waals surface area (Å²) in [6, 6.07) is 2.87. The molecule has 0 aliphatic rings. The Balaban J connectivity index is 3.11. The van der Waals surface area contributed by atoms with Crippen LogP contribution >= 0.6 is 0 Å². The van der Waals surface area contributed by atoms with Crippen LogP contribution in [0.5, 0.6) is 5.75 Å². The van der Waals surface area contributed by atoms with Crippen molar-refractivity contribution in [2.45, 2.75) is 13.0 Å². The molecular weight excluding hydrogens is 263 g/mol. The minimum atomic E-state index is -0.387. The number of anilines is 2. The van der Waals surface area contributed by atoms with E-state index in [9.17, 15) is 4.39 Å². The molecule has 1 unspecified atom stereocenters. The van der Waals surface area contributed by atoms with Gasteiger partial charge in [-0.15, -0.1) is 0 Å². The summed E-state index contributed by atoms with van der Waals surface area (Å²) in [7, 11) is 4.73. The highest BCUT2D eigenvalue weighted by Gasteiger charge is 2.20. The number of methoxy groups -OCH3 is 3. The number of nitrogens with zero attached hydrogens (tertiary/aromatic N) is 1. The molecule has 5 nitrogen and oxygen atoms in total. The summed E-state index contributed by atoms with van der Waals surface area (Å²) in [5.41, 5.74) is 6.41. The number of hydrogen-bond acceptors (Lipinski definition) is 5. The van der Waals surface area contributed by atoms with E-state index in [2.05, 4.69) is 0 Å². The molecule has 0 saturated carbocycles. The topological polar surface area (TPSA) is 57.0 Å². The standard InChI is InChI=1S/C14H23FN2O3/c1-10(9-19-3)17(5-6-18-2)13-8-14(20-4)12(16)7-11(13)15/h7-8,10H,5-6,9,16H2,1-4H3. The van der Waals surface area contributed by atoms with E-state index < -0.39 is 0 Å². The molecule has 1 aromatic rings. The number of rotatable bonds is 8. The summed E-state index contributed by atoms with van der Waals surface area (Å²) in [6.45, 7) is 3.47. The number of ether oxygens (including phenoxy) is 3. The zero-order chi connectivity index (χ0) is 15.1. The summed E-state index contributed by atoms with van der Waals surface area (Å²) >= 11 is 0. The lowest BCUT2D eigenvalue weighted by molar-refractivity contribution is 0.170. The molecule has 0 amide bonds. The van der Waals surface area contributed by atoms with Gasteiger partial charge in [-0.05, 0) is 6.92 Å². The molecule has 2 N–H and O–H groups in total. The van der Waals surface area contributed by atoms with Gasteiger partial charge >= 0.3 is 0 Å². The van der Waals surface area contributed by atoms with Gasteiger partial charge in [-0.25, -0.2) is 4.39 Å². The van der Waals surface area contributed by atoms with E-state index in [0.29, 0.717) is 31.2 Å². The highest BCUT2D eigenvalue weighted by molar-refractivity contribution is 5.63. The normalized spacial score (nSPS) is 12.2. The van der Waals surface area contributed by atoms with E-state index in [4.69, 9.17) is 19.9 Å². The third-order valence-electron chi connectivity index (χ3n) is 3.08. The maximum absolute atomic E-state index is 14.2. The lowest BCUT2D eigenvalue weighted by atomic mass is 10.2. The smallest absolute Gasteiger partial charge is 0.148 e. The first-order valence-electron chi connectivity index (χ1n) is 6.42. The van der Waals surface area contributed by atoms with Crippen molar-refractivity contribution >= 4 is 11.4 Å². The van der Waals surface area contributed by atoms with Crippen LogP contribution in [0.1, 0.15) is 6.92 Å². The zero-order valence-electron chi connectivity index (χ0n) is 12.5. The summed E-state index contributed by atoms with van der Waals surface area (Å²) in [5.74, 6) is 0.0655. The first-order valence-corrected chi connectivity index (χ1v) is 6.42. The number of benzene rings is 1. The van der Waals surface area contributed by atoms with Gasteiger partial charge in [0.2, 0.25) is 0 Å². The summed E-state index contributed by atoms with van der Waals surface area (Å²) in [4.78, 5) is 1.88. The van der Waals surface area contributed by atoms with Crippen LogP contribution in [0.25, 0.3) is 0 Å². The SMILES string of the molecule is COCCN(c1cc(OC)c(N)cc1F)C(C)COC. The van der Waals surface area contributed by atoms with Gasteiger partial charge in [-0.2, -0.15) is 0 Å². The van der Waals surface area contributed by atoms with Crippen LogP contribution in [0, 0.1) is 5.82 Å². The van der Waals surface area contributed by atoms with Crippen molar-refractivity contribution in [1.82, 2.24) is 0 Å². The van der Waals surface area contributed by atoms with Gasteiger partial charge in [-0.1, -0.05) is 0 Å². The molecule has 1 atom stereocenters. The van der Waals surface area contributed by atoms with Crippen molar-refractivity contribution in [3.63, 3.8) is 0 Å². The fourth-order valence-electron chi connectivity index (χ4n) is 2.05. The van der Waals surface area contributed by atoms with Crippen molar-refractivity contribution in [1.29, 1.82) is 0 Å². The Hall–Kier alpha value is -1.53. The van der Waals surface area contributed by atoms with Crippen LogP contribution in [0.15, 0.2) is 12.1 Å². The molecule has 0 bridgehead atoms. The van der Waals surface area contributed by atoms with Gasteiger partial charge in [0.25, 0.3) is 0 Å². The number of hydrogen-bond donors (Lipinski definition) is 1. The molecule has 0 radical (unpaired) electrons. The minimum absolute atomic E-state index is 0.00187. The summed E-state index contributed by atoms with van der Waals surface area (Å²) < 4.78 is 29.6. The molecule has 0 aromatic heterocycles. The van der Waals surface area contributed by atoms with Crippen molar-refractivity contribution in [3.05, 3.63) is 17.9 Å². The Morgan fingerprint density at radius 3 is 2.50 bits per heavy atom. The fraction of sp³-hybridized carbons (Fsp3) is 0.571. The molecule has 114 valence electrons. The van der Waals surface area contributed by atoms with Crippen molar-refractivity contribution in [2.24, 2.45) is 0 Å². The molecule has 0 saturated heterocycles. The second-order valence-electron chi connectivity index (χ2n) is 4.54. The van der Waals surface area contributed by atoms with Gasteiger partial charge in [0.15, 0.2) is 0 Å². The van der Waals surface area contributed by atoms with E-state index in [-0.39, 0.29) is 17.5 Å². The third kappa shape index (κ3) is 3.98. The third-order valence-corrected chi connectivity index (χ3v) is 3.08. The van der Waals surface area contributed by atoms with Crippen LogP contribution in [-0.4, -0.2) is 47.1 Å². The molecule has 20 heavy (non-hydrogen) atoms. The highest BCUT2D eigenvalue weighted by atomic mass is 19.1. The summed E-state index contributed by atoms with van der Waals surface area (Å²) in [5, 5.41) is 0. The van der Waals surface area contributed by atoms with Gasteiger partial charge in [-0.3, -0.25) is 0 Å². The number of nitrogen functional groups attached to an aromatic ring is 1. The van der Waals surface area contributed by atoms with Gasteiger partial charge in [0, 0.05) is 38.9 Å². The molecule has 0 aliphatic carbocycles. The monoisotopic (exact) mass is 286 g/mol. The maximum Gasteiger partial charge on any atom is 0.148 e. The number of halogens is 1. The van der Waals surface area contributed by atoms with Crippen molar-refractivity contribution < 1.29 is 18.6 Å². The van der Waals surface area contributed by atoms with Crippen LogP contribution in [0.4, 0.5) is 15.8 Å². The lowest BCUT2D eigenvalue weighted by Gasteiger charge is -2.31. The Bertz CT molecular complexity index is 429. The van der Waals surface area contributed by atoms with Gasteiger partial charge in [0.05, 0.1) is 31.7 Å². The minimum Gasteiger partial charge on any atom is -0.495 e. The largest absolute Gasteiger partial charge is 0.495 e. The first kappa shape index (κ1) is 16.5. The Morgan fingerprint density at radius 1 is 1.25 bits per heavy atom. The Kier molecular flexibility index (Phi) is 6.54. The second-order valence-corrected chi connectivity index (χ2v) is 4.54. The average Bonchev–Trinajstić information content (AvgIpc) is 2.41. The molecule has 0 spiro atoms.